The molecule has 7 aromatic rings. The minimum absolute atomic E-state index is 0.0669. The molecule has 0 saturated carbocycles. The van der Waals surface area contributed by atoms with Gasteiger partial charge in [-0.3, -0.25) is 4.79 Å². The molecule has 0 fully saturated rings. The number of benzene rings is 7. The zero-order chi connectivity index (χ0) is 34.2. The molecule has 0 aromatic heterocycles. The molecule has 1 nitrogen and oxygen atoms in total. The van der Waals surface area contributed by atoms with Gasteiger partial charge in [-0.2, -0.15) is 0 Å². The van der Waals surface area contributed by atoms with Crippen LogP contribution in [-0.2, 0) is 10.8 Å². The Kier molecular flexibility index (Phi) is 5.42. The van der Waals surface area contributed by atoms with Gasteiger partial charge in [-0.1, -0.05) is 176 Å². The fourth-order valence-corrected chi connectivity index (χ4v) is 11.2. The summed E-state index contributed by atoms with van der Waals surface area (Å²) in [5, 5.41) is 0. The summed E-state index contributed by atoms with van der Waals surface area (Å²) in [6, 6.07) is 59.8. The maximum atomic E-state index is 15.0. The van der Waals surface area contributed by atoms with Crippen molar-refractivity contribution in [3.8, 4) is 33.4 Å². The minimum Gasteiger partial charge on any atom is -0.289 e. The van der Waals surface area contributed by atoms with Crippen LogP contribution in [0.25, 0.3) is 33.4 Å². The van der Waals surface area contributed by atoms with Gasteiger partial charge in [-0.15, -0.1) is 0 Å². The quantitative estimate of drug-likeness (QED) is 0.169. The lowest BCUT2D eigenvalue weighted by Crippen LogP contribution is -2.33. The SMILES string of the molecule is O=C(C1=CC2C(C=C1)c1ccccc1C21c2ccccc2-c2ccccc21)c1ccc2c(c1)C1(c3ccccc3-c3ccccc31)c1ccccc1-2. The summed E-state index contributed by atoms with van der Waals surface area (Å²) in [5.41, 5.74) is 18.7. The molecule has 5 aliphatic rings. The Hall–Kier alpha value is -6.31. The number of rotatable bonds is 2. The molecule has 0 N–H and O–H groups in total. The predicted molar refractivity (Wildman–Crippen MR) is 209 cm³/mol. The van der Waals surface area contributed by atoms with Crippen LogP contribution in [0.2, 0.25) is 0 Å². The van der Waals surface area contributed by atoms with E-state index in [1.807, 2.05) is 0 Å². The highest BCUT2D eigenvalue weighted by Gasteiger charge is 2.57. The van der Waals surface area contributed by atoms with E-state index in [1.165, 1.54) is 77.9 Å². The van der Waals surface area contributed by atoms with Crippen LogP contribution in [0.4, 0.5) is 0 Å². The molecule has 52 heavy (non-hydrogen) atoms. The Labute approximate surface area is 303 Å². The van der Waals surface area contributed by atoms with E-state index in [9.17, 15) is 0 Å². The van der Waals surface area contributed by atoms with Gasteiger partial charge >= 0.3 is 0 Å². The van der Waals surface area contributed by atoms with E-state index in [-0.39, 0.29) is 23.0 Å². The number of carbonyl (C=O) groups excluding carboxylic acids is 1. The van der Waals surface area contributed by atoms with Crippen LogP contribution < -0.4 is 0 Å². The first-order valence-electron chi connectivity index (χ1n) is 18.4. The van der Waals surface area contributed by atoms with Crippen LogP contribution >= 0.6 is 0 Å². The lowest BCUT2D eigenvalue weighted by atomic mass is 9.64. The normalized spacial score (nSPS) is 19.2. The summed E-state index contributed by atoms with van der Waals surface area (Å²) in [7, 11) is 0. The van der Waals surface area contributed by atoms with Gasteiger partial charge in [0.15, 0.2) is 5.78 Å². The van der Waals surface area contributed by atoms with Crippen molar-refractivity contribution >= 4 is 5.78 Å². The molecule has 0 radical (unpaired) electrons. The topological polar surface area (TPSA) is 17.1 Å². The van der Waals surface area contributed by atoms with Gasteiger partial charge in [0.1, 0.15) is 0 Å². The van der Waals surface area contributed by atoms with Crippen LogP contribution in [0.3, 0.4) is 0 Å². The molecule has 0 aliphatic heterocycles. The lowest BCUT2D eigenvalue weighted by Gasteiger charge is -2.36. The van der Waals surface area contributed by atoms with E-state index in [1.54, 1.807) is 0 Å². The molecule has 5 aliphatic carbocycles. The van der Waals surface area contributed by atoms with E-state index in [0.717, 1.165) is 11.1 Å². The largest absolute Gasteiger partial charge is 0.289 e. The van der Waals surface area contributed by atoms with Gasteiger partial charge in [0.25, 0.3) is 0 Å². The van der Waals surface area contributed by atoms with Gasteiger partial charge in [-0.05, 0) is 84.0 Å². The summed E-state index contributed by atoms with van der Waals surface area (Å²) >= 11 is 0. The van der Waals surface area contributed by atoms with Crippen molar-refractivity contribution in [1.82, 2.24) is 0 Å². The van der Waals surface area contributed by atoms with E-state index in [0.29, 0.717) is 0 Å². The van der Waals surface area contributed by atoms with E-state index < -0.39 is 5.41 Å². The van der Waals surface area contributed by atoms with Gasteiger partial charge < -0.3 is 0 Å². The maximum Gasteiger partial charge on any atom is 0.192 e. The van der Waals surface area contributed by atoms with Crippen molar-refractivity contribution in [2.45, 2.75) is 16.7 Å². The van der Waals surface area contributed by atoms with Crippen LogP contribution in [-0.4, -0.2) is 5.78 Å². The molecule has 12 rings (SSSR count). The van der Waals surface area contributed by atoms with Crippen molar-refractivity contribution in [3.05, 3.63) is 238 Å². The number of ketones is 1. The first kappa shape index (κ1) is 28.4. The first-order valence-corrected chi connectivity index (χ1v) is 18.4. The molecule has 2 atom stereocenters. The van der Waals surface area contributed by atoms with E-state index in [2.05, 4.69) is 182 Å². The summed E-state index contributed by atoms with van der Waals surface area (Å²) in [6.45, 7) is 0. The van der Waals surface area contributed by atoms with Crippen molar-refractivity contribution in [2.75, 3.05) is 0 Å². The van der Waals surface area contributed by atoms with Crippen LogP contribution in [0.5, 0.6) is 0 Å². The molecule has 0 amide bonds. The standard InChI is InChI=1S/C51H32O/c52-49(31-25-27-39-37-17-5-11-23-45(37)50(47(39)29-31)41-19-7-1-13-33(41)34-14-2-8-20-42(34)50)32-26-28-40-38-18-6-12-24-46(38)51(48(40)30-32)43-21-9-3-15-35(43)36-16-4-10-22-44(36)51/h1-30,39,47H. The van der Waals surface area contributed by atoms with Crippen LogP contribution in [0.15, 0.2) is 188 Å². The highest BCUT2D eigenvalue weighted by atomic mass is 16.1. The van der Waals surface area contributed by atoms with Gasteiger partial charge in [0.2, 0.25) is 0 Å². The smallest absolute Gasteiger partial charge is 0.192 e. The molecule has 1 heteroatoms. The Morgan fingerprint density at radius 3 is 1.44 bits per heavy atom. The van der Waals surface area contributed by atoms with Crippen molar-refractivity contribution in [2.24, 2.45) is 5.92 Å². The third-order valence-corrected chi connectivity index (χ3v) is 13.0. The van der Waals surface area contributed by atoms with Crippen LogP contribution in [0, 0.1) is 5.92 Å². The first-order chi connectivity index (χ1) is 25.7. The third kappa shape index (κ3) is 3.20. The number of hydrogen-bond donors (Lipinski definition) is 0. The fourth-order valence-electron chi connectivity index (χ4n) is 11.2. The third-order valence-electron chi connectivity index (χ3n) is 13.0. The molecule has 2 spiro atoms. The van der Waals surface area contributed by atoms with Gasteiger partial charge in [-0.25, -0.2) is 0 Å². The maximum absolute atomic E-state index is 15.0. The monoisotopic (exact) mass is 660 g/mol. The predicted octanol–water partition coefficient (Wildman–Crippen LogP) is 11.4. The molecule has 242 valence electrons. The number of hydrogen-bond acceptors (Lipinski definition) is 1. The highest BCUT2D eigenvalue weighted by Crippen LogP contribution is 2.66. The molecule has 0 bridgehead atoms. The summed E-state index contributed by atoms with van der Waals surface area (Å²) in [5.74, 6) is 0.322. The highest BCUT2D eigenvalue weighted by molar-refractivity contribution is 6.12. The Bertz CT molecular complexity index is 2680. The fraction of sp³-hybridized carbons (Fsp3) is 0.0784. The summed E-state index contributed by atoms with van der Waals surface area (Å²) in [4.78, 5) is 15.0. The zero-order valence-electron chi connectivity index (χ0n) is 28.4. The van der Waals surface area contributed by atoms with E-state index in [4.69, 9.17) is 0 Å². The summed E-state index contributed by atoms with van der Waals surface area (Å²) < 4.78 is 0. The summed E-state index contributed by atoms with van der Waals surface area (Å²) in [6.07, 6.45) is 6.73. The molecular formula is C51H32O. The Balaban J connectivity index is 1.05. The van der Waals surface area contributed by atoms with Gasteiger partial charge in [0, 0.05) is 23.0 Å². The number of fused-ring (bicyclic) bond motifs is 20. The second kappa shape index (κ2) is 9.93. The molecule has 0 saturated heterocycles. The zero-order valence-corrected chi connectivity index (χ0v) is 28.4. The number of Topliss-reactive ketones (excluding diaryl/α,β-unsaturated/α-hetero) is 1. The average molecular weight is 661 g/mol. The molecule has 7 aromatic carbocycles. The molecule has 2 unspecified atom stereocenters. The van der Waals surface area contributed by atoms with Crippen molar-refractivity contribution in [1.29, 1.82) is 0 Å². The number of carbonyl (C=O) groups is 1. The second-order valence-electron chi connectivity index (χ2n) is 15.0. The lowest BCUT2D eigenvalue weighted by molar-refractivity contribution is 0.103. The van der Waals surface area contributed by atoms with Crippen LogP contribution in [0.1, 0.15) is 60.8 Å². The minimum atomic E-state index is -0.480. The Morgan fingerprint density at radius 1 is 0.442 bits per heavy atom. The molecular weight excluding hydrogens is 629 g/mol. The Morgan fingerprint density at radius 2 is 0.885 bits per heavy atom. The van der Waals surface area contributed by atoms with Gasteiger partial charge in [0.05, 0.1) is 10.8 Å². The average Bonchev–Trinajstić information content (AvgIpc) is 3.89. The number of allylic oxidation sites excluding steroid dienone is 4. The van der Waals surface area contributed by atoms with Crippen molar-refractivity contribution < 1.29 is 4.79 Å². The molecule has 0 heterocycles. The van der Waals surface area contributed by atoms with Crippen molar-refractivity contribution in [3.63, 3.8) is 0 Å². The van der Waals surface area contributed by atoms with E-state index >= 15 is 4.79 Å². The second-order valence-corrected chi connectivity index (χ2v) is 15.0.